The molecule has 1 saturated carbocycles. The Kier molecular flexibility index (Phi) is 2.28. The molecule has 1 aliphatic rings. The summed E-state index contributed by atoms with van der Waals surface area (Å²) < 4.78 is 2.09. The molecule has 0 unspecified atom stereocenters. The Hall–Kier alpha value is -1.57. The predicted molar refractivity (Wildman–Crippen MR) is 64.9 cm³/mol. The van der Waals surface area contributed by atoms with Gasteiger partial charge in [-0.25, -0.2) is 4.68 Å². The van der Waals surface area contributed by atoms with Crippen LogP contribution in [0.2, 0.25) is 0 Å². The molecule has 0 N–H and O–H groups in total. The molecule has 0 saturated heterocycles. The molecule has 16 heavy (non-hydrogen) atoms. The van der Waals surface area contributed by atoms with Gasteiger partial charge in [0.2, 0.25) is 0 Å². The summed E-state index contributed by atoms with van der Waals surface area (Å²) in [5, 5.41) is 4.44. The van der Waals surface area contributed by atoms with Crippen molar-refractivity contribution in [2.75, 3.05) is 0 Å². The van der Waals surface area contributed by atoms with Crippen LogP contribution in [0, 0.1) is 6.92 Å². The summed E-state index contributed by atoms with van der Waals surface area (Å²) in [5.41, 5.74) is 3.84. The lowest BCUT2D eigenvalue weighted by atomic mass is 9.83. The van der Waals surface area contributed by atoms with E-state index in [1.54, 1.807) is 0 Å². The van der Waals surface area contributed by atoms with Crippen molar-refractivity contribution >= 4 is 0 Å². The van der Waals surface area contributed by atoms with Crippen molar-refractivity contribution in [3.63, 3.8) is 0 Å². The van der Waals surface area contributed by atoms with Gasteiger partial charge >= 0.3 is 0 Å². The minimum absolute atomic E-state index is 0.726. The monoisotopic (exact) mass is 212 g/mol. The first-order chi connectivity index (χ1) is 7.84. The lowest BCUT2D eigenvalue weighted by Gasteiger charge is -2.26. The van der Waals surface area contributed by atoms with Crippen LogP contribution in [0.15, 0.2) is 36.5 Å². The molecule has 1 heterocycles. The van der Waals surface area contributed by atoms with Crippen molar-refractivity contribution in [3.05, 3.63) is 47.8 Å². The summed E-state index contributed by atoms with van der Waals surface area (Å²) >= 11 is 0. The SMILES string of the molecule is Cc1ccc(-n2nccc2C2CCC2)cc1. The molecule has 0 amide bonds. The third-order valence-corrected chi connectivity index (χ3v) is 3.47. The molecule has 0 aliphatic heterocycles. The van der Waals surface area contributed by atoms with Gasteiger partial charge in [-0.3, -0.25) is 0 Å². The number of benzene rings is 1. The van der Waals surface area contributed by atoms with Gasteiger partial charge in [0.15, 0.2) is 0 Å². The molecule has 0 radical (unpaired) electrons. The van der Waals surface area contributed by atoms with E-state index >= 15 is 0 Å². The van der Waals surface area contributed by atoms with Crippen molar-refractivity contribution in [3.8, 4) is 5.69 Å². The minimum atomic E-state index is 0.726. The van der Waals surface area contributed by atoms with E-state index in [0.717, 1.165) is 5.92 Å². The topological polar surface area (TPSA) is 17.8 Å². The Bertz CT molecular complexity index is 478. The van der Waals surface area contributed by atoms with E-state index < -0.39 is 0 Å². The van der Waals surface area contributed by atoms with Crippen molar-refractivity contribution < 1.29 is 0 Å². The molecule has 2 aromatic rings. The van der Waals surface area contributed by atoms with Crippen LogP contribution in [-0.4, -0.2) is 9.78 Å². The minimum Gasteiger partial charge on any atom is -0.238 e. The van der Waals surface area contributed by atoms with E-state index in [-0.39, 0.29) is 0 Å². The molecule has 1 fully saturated rings. The number of aromatic nitrogens is 2. The van der Waals surface area contributed by atoms with Gasteiger partial charge < -0.3 is 0 Å². The second kappa shape index (κ2) is 3.78. The predicted octanol–water partition coefficient (Wildman–Crippen LogP) is 3.45. The number of aryl methyl sites for hydroxylation is 1. The van der Waals surface area contributed by atoms with Gasteiger partial charge in [-0.2, -0.15) is 5.10 Å². The summed E-state index contributed by atoms with van der Waals surface area (Å²) in [6.45, 7) is 2.11. The first-order valence-electron chi connectivity index (χ1n) is 5.95. The van der Waals surface area contributed by atoms with E-state index in [2.05, 4.69) is 47.0 Å². The molecule has 0 spiro atoms. The summed E-state index contributed by atoms with van der Waals surface area (Å²) in [7, 11) is 0. The van der Waals surface area contributed by atoms with Gasteiger partial charge in [0.25, 0.3) is 0 Å². The maximum Gasteiger partial charge on any atom is 0.0649 e. The van der Waals surface area contributed by atoms with Crippen LogP contribution in [0.5, 0.6) is 0 Å². The van der Waals surface area contributed by atoms with Crippen LogP contribution in [0.3, 0.4) is 0 Å². The highest BCUT2D eigenvalue weighted by atomic mass is 15.3. The van der Waals surface area contributed by atoms with E-state index in [9.17, 15) is 0 Å². The highest BCUT2D eigenvalue weighted by Crippen LogP contribution is 2.36. The number of hydrogen-bond donors (Lipinski definition) is 0. The van der Waals surface area contributed by atoms with Gasteiger partial charge in [0.05, 0.1) is 5.69 Å². The standard InChI is InChI=1S/C14H16N2/c1-11-5-7-13(8-6-11)16-14(9-10-15-16)12-3-2-4-12/h5-10,12H,2-4H2,1H3. The molecule has 2 heteroatoms. The molecule has 82 valence electrons. The van der Waals surface area contributed by atoms with Crippen LogP contribution in [0.25, 0.3) is 5.69 Å². The van der Waals surface area contributed by atoms with Gasteiger partial charge in [-0.1, -0.05) is 24.1 Å². The Labute approximate surface area is 95.9 Å². The van der Waals surface area contributed by atoms with E-state index in [4.69, 9.17) is 0 Å². The third-order valence-electron chi connectivity index (χ3n) is 3.47. The smallest absolute Gasteiger partial charge is 0.0649 e. The maximum atomic E-state index is 4.44. The van der Waals surface area contributed by atoms with Gasteiger partial charge in [0.1, 0.15) is 0 Å². The largest absolute Gasteiger partial charge is 0.238 e. The zero-order valence-electron chi connectivity index (χ0n) is 9.56. The molecular weight excluding hydrogens is 196 g/mol. The fraction of sp³-hybridized carbons (Fsp3) is 0.357. The van der Waals surface area contributed by atoms with Gasteiger partial charge in [-0.15, -0.1) is 0 Å². The summed E-state index contributed by atoms with van der Waals surface area (Å²) in [6, 6.07) is 10.7. The van der Waals surface area contributed by atoms with Crippen LogP contribution in [0.1, 0.15) is 36.4 Å². The highest BCUT2D eigenvalue weighted by molar-refractivity contribution is 5.36. The molecule has 2 nitrogen and oxygen atoms in total. The molecular formula is C14H16N2. The molecule has 1 aromatic carbocycles. The Morgan fingerprint density at radius 3 is 2.50 bits per heavy atom. The normalized spacial score (nSPS) is 16.1. The first-order valence-corrected chi connectivity index (χ1v) is 5.95. The van der Waals surface area contributed by atoms with Crippen molar-refractivity contribution in [2.45, 2.75) is 32.1 Å². The number of hydrogen-bond acceptors (Lipinski definition) is 1. The Morgan fingerprint density at radius 2 is 1.88 bits per heavy atom. The fourth-order valence-electron chi connectivity index (χ4n) is 2.23. The van der Waals surface area contributed by atoms with Crippen molar-refractivity contribution in [1.82, 2.24) is 9.78 Å². The number of nitrogens with zero attached hydrogens (tertiary/aromatic N) is 2. The van der Waals surface area contributed by atoms with E-state index in [1.807, 2.05) is 6.20 Å². The Morgan fingerprint density at radius 1 is 1.12 bits per heavy atom. The molecule has 1 aliphatic carbocycles. The summed E-state index contributed by atoms with van der Waals surface area (Å²) in [6.07, 6.45) is 5.91. The van der Waals surface area contributed by atoms with Gasteiger partial charge in [-0.05, 0) is 38.0 Å². The van der Waals surface area contributed by atoms with E-state index in [0.29, 0.717) is 0 Å². The maximum absolute atomic E-state index is 4.44. The van der Waals surface area contributed by atoms with Crippen LogP contribution >= 0.6 is 0 Å². The third kappa shape index (κ3) is 1.54. The summed E-state index contributed by atoms with van der Waals surface area (Å²) in [4.78, 5) is 0. The van der Waals surface area contributed by atoms with Crippen LogP contribution < -0.4 is 0 Å². The average Bonchev–Trinajstić information content (AvgIpc) is 2.65. The average molecular weight is 212 g/mol. The van der Waals surface area contributed by atoms with Gasteiger partial charge in [0, 0.05) is 17.8 Å². The zero-order valence-corrected chi connectivity index (χ0v) is 9.56. The fourth-order valence-corrected chi connectivity index (χ4v) is 2.23. The second-order valence-electron chi connectivity index (χ2n) is 4.63. The highest BCUT2D eigenvalue weighted by Gasteiger charge is 2.23. The van der Waals surface area contributed by atoms with Crippen molar-refractivity contribution in [2.24, 2.45) is 0 Å². The number of rotatable bonds is 2. The Balaban J connectivity index is 1.99. The van der Waals surface area contributed by atoms with Crippen molar-refractivity contribution in [1.29, 1.82) is 0 Å². The van der Waals surface area contributed by atoms with E-state index in [1.165, 1.54) is 36.2 Å². The first kappa shape index (κ1) is 9.64. The quantitative estimate of drug-likeness (QED) is 0.745. The molecule has 1 aromatic heterocycles. The molecule has 0 bridgehead atoms. The zero-order chi connectivity index (χ0) is 11.0. The second-order valence-corrected chi connectivity index (χ2v) is 4.63. The van der Waals surface area contributed by atoms with Crippen LogP contribution in [-0.2, 0) is 0 Å². The lowest BCUT2D eigenvalue weighted by Crippen LogP contribution is -2.14. The van der Waals surface area contributed by atoms with Crippen LogP contribution in [0.4, 0.5) is 0 Å². The molecule has 3 rings (SSSR count). The lowest BCUT2D eigenvalue weighted by molar-refractivity contribution is 0.403. The summed E-state index contributed by atoms with van der Waals surface area (Å²) in [5.74, 6) is 0.726. The molecule has 0 atom stereocenters.